The van der Waals surface area contributed by atoms with Crippen molar-refractivity contribution in [3.63, 3.8) is 0 Å². The third-order valence-corrected chi connectivity index (χ3v) is 6.76. The summed E-state index contributed by atoms with van der Waals surface area (Å²) < 4.78 is 0. The molecule has 6 unspecified atom stereocenters. The van der Waals surface area contributed by atoms with E-state index in [4.69, 9.17) is 5.73 Å². The van der Waals surface area contributed by atoms with Crippen molar-refractivity contribution >= 4 is 17.5 Å². The fraction of sp³-hybridized carbons (Fsp3) is 0.409. The molecule has 3 aliphatic rings. The van der Waals surface area contributed by atoms with Gasteiger partial charge < -0.3 is 21.1 Å². The first-order valence-electron chi connectivity index (χ1n) is 9.77. The normalized spacial score (nSPS) is 33.4. The van der Waals surface area contributed by atoms with Crippen LogP contribution in [0.1, 0.15) is 28.8 Å². The number of carbonyl (C=O) groups is 3. The van der Waals surface area contributed by atoms with E-state index in [1.807, 2.05) is 13.0 Å². The first-order valence-corrected chi connectivity index (χ1v) is 9.77. The van der Waals surface area contributed by atoms with Crippen molar-refractivity contribution in [3.05, 3.63) is 58.1 Å². The highest BCUT2D eigenvalue weighted by atomic mass is 16.3. The van der Waals surface area contributed by atoms with Gasteiger partial charge in [-0.05, 0) is 25.6 Å². The number of carbonyl (C=O) groups excluding carboxylic acids is 3. The number of hydrogen-bond donors (Lipinski definition) is 4. The molecular formula is C22H24N2O6. The molecule has 4 rings (SSSR count). The highest BCUT2D eigenvalue weighted by Crippen LogP contribution is 2.52. The van der Waals surface area contributed by atoms with Crippen molar-refractivity contribution in [2.45, 2.75) is 25.0 Å². The summed E-state index contributed by atoms with van der Waals surface area (Å²) in [6.45, 7) is 1.85. The predicted molar refractivity (Wildman–Crippen MR) is 107 cm³/mol. The summed E-state index contributed by atoms with van der Waals surface area (Å²) in [4.78, 5) is 39.8. The molecule has 0 aromatic heterocycles. The standard InChI is InChI=1S/C22H24N2O6/c1-8-9-6-4-5-7-10(9)17(25)13-11(8)18(26)12-14(19(13)27)20(28)15(22(23)30)21(29)16(12)24(2)3/h4-8,11-12,14,16,18,26-27,29H,1-3H3,(H2,23,30). The Hall–Kier alpha value is -2.97. The van der Waals surface area contributed by atoms with Gasteiger partial charge in [-0.15, -0.1) is 0 Å². The zero-order valence-electron chi connectivity index (χ0n) is 16.9. The molecule has 1 aromatic rings. The smallest absolute Gasteiger partial charge is 0.255 e. The molecular weight excluding hydrogens is 388 g/mol. The zero-order valence-corrected chi connectivity index (χ0v) is 16.9. The van der Waals surface area contributed by atoms with Gasteiger partial charge in [-0.2, -0.15) is 0 Å². The quantitative estimate of drug-likeness (QED) is 0.527. The van der Waals surface area contributed by atoms with Crippen LogP contribution in [-0.2, 0) is 9.59 Å². The fourth-order valence-corrected chi connectivity index (χ4v) is 5.50. The molecule has 1 amide bonds. The predicted octanol–water partition coefficient (Wildman–Crippen LogP) is 0.832. The van der Waals surface area contributed by atoms with Crippen LogP contribution in [0.5, 0.6) is 0 Å². The number of nitrogens with zero attached hydrogens (tertiary/aromatic N) is 1. The highest BCUT2D eigenvalue weighted by molar-refractivity contribution is 6.22. The average molecular weight is 412 g/mol. The van der Waals surface area contributed by atoms with Gasteiger partial charge in [0.05, 0.1) is 18.1 Å². The molecule has 8 heteroatoms. The van der Waals surface area contributed by atoms with E-state index in [0.717, 1.165) is 5.56 Å². The number of aliphatic hydroxyl groups is 3. The maximum absolute atomic E-state index is 13.2. The molecule has 0 fully saturated rings. The molecule has 0 aliphatic heterocycles. The second-order valence-electron chi connectivity index (χ2n) is 8.47. The van der Waals surface area contributed by atoms with E-state index in [-0.39, 0.29) is 11.5 Å². The van der Waals surface area contributed by atoms with E-state index in [1.165, 1.54) is 0 Å². The van der Waals surface area contributed by atoms with E-state index in [0.29, 0.717) is 5.56 Å². The van der Waals surface area contributed by atoms with Crippen molar-refractivity contribution in [1.82, 2.24) is 4.90 Å². The molecule has 0 saturated carbocycles. The van der Waals surface area contributed by atoms with Gasteiger partial charge in [-0.25, -0.2) is 0 Å². The Bertz CT molecular complexity index is 1040. The van der Waals surface area contributed by atoms with Gasteiger partial charge in [0.2, 0.25) is 0 Å². The lowest BCUT2D eigenvalue weighted by molar-refractivity contribution is -0.131. The minimum atomic E-state index is -1.35. The van der Waals surface area contributed by atoms with E-state index >= 15 is 0 Å². The summed E-state index contributed by atoms with van der Waals surface area (Å²) in [6, 6.07) is 6.03. The van der Waals surface area contributed by atoms with Crippen LogP contribution in [0.15, 0.2) is 46.9 Å². The van der Waals surface area contributed by atoms with Crippen molar-refractivity contribution in [3.8, 4) is 0 Å². The van der Waals surface area contributed by atoms with Crippen LogP contribution < -0.4 is 5.73 Å². The molecule has 1 aromatic carbocycles. The van der Waals surface area contributed by atoms with E-state index in [9.17, 15) is 29.7 Å². The van der Waals surface area contributed by atoms with Crippen molar-refractivity contribution in [2.24, 2.45) is 23.5 Å². The lowest BCUT2D eigenvalue weighted by atomic mass is 9.57. The Morgan fingerprint density at radius 3 is 2.33 bits per heavy atom. The van der Waals surface area contributed by atoms with Crippen LogP contribution in [0.25, 0.3) is 0 Å². The Kier molecular flexibility index (Phi) is 4.59. The summed E-state index contributed by atoms with van der Waals surface area (Å²) in [5, 5.41) is 33.2. The molecule has 0 bridgehead atoms. The highest BCUT2D eigenvalue weighted by Gasteiger charge is 2.59. The molecule has 8 nitrogen and oxygen atoms in total. The summed E-state index contributed by atoms with van der Waals surface area (Å²) in [6.07, 6.45) is -1.22. The van der Waals surface area contributed by atoms with Crippen LogP contribution in [0, 0.1) is 17.8 Å². The van der Waals surface area contributed by atoms with Crippen LogP contribution in [0.2, 0.25) is 0 Å². The topological polar surface area (TPSA) is 141 Å². The first kappa shape index (κ1) is 20.3. The Balaban J connectivity index is 1.98. The second kappa shape index (κ2) is 6.78. The number of likely N-dealkylation sites (N-methyl/N-ethyl adjacent to an activating group) is 1. The number of rotatable bonds is 2. The lowest BCUT2D eigenvalue weighted by Crippen LogP contribution is -2.59. The summed E-state index contributed by atoms with van der Waals surface area (Å²) in [7, 11) is 3.25. The van der Waals surface area contributed by atoms with Gasteiger partial charge in [0.25, 0.3) is 5.91 Å². The van der Waals surface area contributed by atoms with Gasteiger partial charge >= 0.3 is 0 Å². The molecule has 0 heterocycles. The third kappa shape index (κ3) is 2.50. The average Bonchev–Trinajstić information content (AvgIpc) is 2.67. The SMILES string of the molecule is CC1c2ccccc2C(=O)C2=C(O)C3C(=O)C(C(N)=O)=C(O)C(N(C)C)C3C(O)C21. The number of nitrogens with two attached hydrogens (primary N) is 1. The molecule has 6 atom stereocenters. The minimum absolute atomic E-state index is 0.00832. The van der Waals surface area contributed by atoms with E-state index < -0.39 is 64.5 Å². The molecule has 3 aliphatic carbocycles. The maximum atomic E-state index is 13.2. The molecule has 0 saturated heterocycles. The van der Waals surface area contributed by atoms with Crippen LogP contribution in [0.4, 0.5) is 0 Å². The number of benzene rings is 1. The van der Waals surface area contributed by atoms with Crippen molar-refractivity contribution < 1.29 is 29.7 Å². The Morgan fingerprint density at radius 1 is 1.10 bits per heavy atom. The third-order valence-electron chi connectivity index (χ3n) is 6.76. The largest absolute Gasteiger partial charge is 0.511 e. The van der Waals surface area contributed by atoms with Gasteiger partial charge in [0.1, 0.15) is 17.1 Å². The summed E-state index contributed by atoms with van der Waals surface area (Å²) in [5.74, 6) is -6.80. The number of hydrogen-bond acceptors (Lipinski definition) is 7. The van der Waals surface area contributed by atoms with Gasteiger partial charge in [-0.3, -0.25) is 19.3 Å². The van der Waals surface area contributed by atoms with Crippen LogP contribution >= 0.6 is 0 Å². The monoisotopic (exact) mass is 412 g/mol. The molecule has 158 valence electrons. The lowest BCUT2D eigenvalue weighted by Gasteiger charge is -2.50. The number of aliphatic hydroxyl groups excluding tert-OH is 3. The van der Waals surface area contributed by atoms with Crippen molar-refractivity contribution in [1.29, 1.82) is 0 Å². The number of amides is 1. The maximum Gasteiger partial charge on any atom is 0.255 e. The molecule has 0 radical (unpaired) electrons. The number of ketones is 2. The number of primary amides is 1. The zero-order chi connectivity index (χ0) is 22.1. The molecule has 30 heavy (non-hydrogen) atoms. The number of Topliss-reactive ketones (excluding diaryl/α,β-unsaturated/α-hetero) is 2. The van der Waals surface area contributed by atoms with E-state index in [1.54, 1.807) is 37.2 Å². The van der Waals surface area contributed by atoms with Crippen LogP contribution in [0.3, 0.4) is 0 Å². The molecule has 0 spiro atoms. The Morgan fingerprint density at radius 2 is 1.73 bits per heavy atom. The summed E-state index contributed by atoms with van der Waals surface area (Å²) >= 11 is 0. The van der Waals surface area contributed by atoms with E-state index in [2.05, 4.69) is 0 Å². The number of fused-ring (bicyclic) bond motifs is 3. The summed E-state index contributed by atoms with van der Waals surface area (Å²) in [5.41, 5.74) is 5.88. The minimum Gasteiger partial charge on any atom is -0.511 e. The first-order chi connectivity index (χ1) is 14.1. The second-order valence-corrected chi connectivity index (χ2v) is 8.47. The van der Waals surface area contributed by atoms with Crippen molar-refractivity contribution in [2.75, 3.05) is 14.1 Å². The van der Waals surface area contributed by atoms with Gasteiger partial charge in [0, 0.05) is 23.0 Å². The number of allylic oxidation sites excluding steroid dienone is 1. The van der Waals surface area contributed by atoms with Crippen LogP contribution in [-0.4, -0.2) is 63.9 Å². The van der Waals surface area contributed by atoms with Gasteiger partial charge in [-0.1, -0.05) is 31.2 Å². The van der Waals surface area contributed by atoms with Gasteiger partial charge in [0.15, 0.2) is 11.6 Å². The Labute approximate surface area is 173 Å². The molecule has 5 N–H and O–H groups in total. The fourth-order valence-electron chi connectivity index (χ4n) is 5.50.